The smallest absolute Gasteiger partial charge is 0.239 e. The molecule has 7 heteroatoms. The first-order valence-electron chi connectivity index (χ1n) is 9.88. The van der Waals surface area contributed by atoms with E-state index in [-0.39, 0.29) is 11.8 Å². The molecule has 0 bridgehead atoms. The molecule has 1 aromatic rings. The van der Waals surface area contributed by atoms with Crippen molar-refractivity contribution in [2.24, 2.45) is 5.92 Å². The second kappa shape index (κ2) is 9.53. The van der Waals surface area contributed by atoms with Crippen LogP contribution in [0.1, 0.15) is 19.8 Å². The lowest BCUT2D eigenvalue weighted by Crippen LogP contribution is -2.46. The van der Waals surface area contributed by atoms with E-state index < -0.39 is 5.92 Å². The van der Waals surface area contributed by atoms with E-state index in [2.05, 4.69) is 22.0 Å². The van der Waals surface area contributed by atoms with E-state index in [1.54, 1.807) is 17.0 Å². The fraction of sp³-hybridized carbons (Fsp3) is 0.600. The van der Waals surface area contributed by atoms with E-state index in [0.29, 0.717) is 24.5 Å². The van der Waals surface area contributed by atoms with Crippen LogP contribution in [0.25, 0.3) is 0 Å². The molecule has 148 valence electrons. The van der Waals surface area contributed by atoms with Gasteiger partial charge in [0.1, 0.15) is 5.92 Å². The molecular formula is C20H29ClN4O2. The van der Waals surface area contributed by atoms with Gasteiger partial charge in [-0.1, -0.05) is 18.5 Å². The summed E-state index contributed by atoms with van der Waals surface area (Å²) in [5.74, 6) is -0.841. The van der Waals surface area contributed by atoms with Gasteiger partial charge in [-0.05, 0) is 50.2 Å². The van der Waals surface area contributed by atoms with Crippen molar-refractivity contribution in [3.63, 3.8) is 0 Å². The lowest BCUT2D eigenvalue weighted by Gasteiger charge is -2.34. The van der Waals surface area contributed by atoms with Gasteiger partial charge in [0.15, 0.2) is 0 Å². The Morgan fingerprint density at radius 3 is 2.44 bits per heavy atom. The molecule has 0 aliphatic carbocycles. The van der Waals surface area contributed by atoms with Crippen molar-refractivity contribution >= 4 is 29.1 Å². The zero-order chi connectivity index (χ0) is 19.2. The number of carbonyl (C=O) groups excluding carboxylic acids is 2. The van der Waals surface area contributed by atoms with Crippen LogP contribution in [0.4, 0.5) is 5.69 Å². The third-order valence-corrected chi connectivity index (χ3v) is 5.77. The topological polar surface area (TPSA) is 55.9 Å². The summed E-state index contributed by atoms with van der Waals surface area (Å²) in [6.45, 7) is 9.94. The number of benzene rings is 1. The van der Waals surface area contributed by atoms with Crippen molar-refractivity contribution in [2.45, 2.75) is 19.8 Å². The SMILES string of the molecule is CCN1CCN(CCCNC(=O)C2CCN(c3ccc(Cl)cc3)C2=O)CC1. The second-order valence-corrected chi connectivity index (χ2v) is 7.66. The van der Waals surface area contributed by atoms with Crippen LogP contribution in [-0.2, 0) is 9.59 Å². The Morgan fingerprint density at radius 1 is 1.11 bits per heavy atom. The number of piperazine rings is 1. The van der Waals surface area contributed by atoms with Gasteiger partial charge < -0.3 is 20.0 Å². The van der Waals surface area contributed by atoms with Crippen molar-refractivity contribution in [1.29, 1.82) is 0 Å². The largest absolute Gasteiger partial charge is 0.355 e. The molecule has 2 fully saturated rings. The minimum atomic E-state index is -0.575. The summed E-state index contributed by atoms with van der Waals surface area (Å²) in [5.41, 5.74) is 0.797. The van der Waals surface area contributed by atoms with Gasteiger partial charge in [-0.15, -0.1) is 0 Å². The monoisotopic (exact) mass is 392 g/mol. The Bertz CT molecular complexity index is 644. The van der Waals surface area contributed by atoms with Crippen molar-refractivity contribution < 1.29 is 9.59 Å². The first-order chi connectivity index (χ1) is 13.1. The van der Waals surface area contributed by atoms with E-state index in [1.165, 1.54) is 0 Å². The quantitative estimate of drug-likeness (QED) is 0.568. The van der Waals surface area contributed by atoms with E-state index in [0.717, 1.165) is 51.4 Å². The van der Waals surface area contributed by atoms with Crippen LogP contribution in [0.2, 0.25) is 5.02 Å². The van der Waals surface area contributed by atoms with Crippen molar-refractivity contribution in [2.75, 3.05) is 57.3 Å². The first-order valence-corrected chi connectivity index (χ1v) is 10.3. The van der Waals surface area contributed by atoms with Crippen LogP contribution in [0, 0.1) is 5.92 Å². The molecule has 2 aliphatic heterocycles. The fourth-order valence-electron chi connectivity index (χ4n) is 3.77. The van der Waals surface area contributed by atoms with Gasteiger partial charge >= 0.3 is 0 Å². The fourth-order valence-corrected chi connectivity index (χ4v) is 3.89. The van der Waals surface area contributed by atoms with Crippen LogP contribution in [0.3, 0.4) is 0 Å². The Kier molecular flexibility index (Phi) is 7.10. The van der Waals surface area contributed by atoms with Crippen molar-refractivity contribution in [3.05, 3.63) is 29.3 Å². The Labute approximate surface area is 166 Å². The number of nitrogens with one attached hydrogen (secondary N) is 1. The highest BCUT2D eigenvalue weighted by atomic mass is 35.5. The summed E-state index contributed by atoms with van der Waals surface area (Å²) in [4.78, 5) is 31.6. The van der Waals surface area contributed by atoms with E-state index >= 15 is 0 Å². The molecule has 1 unspecified atom stereocenters. The molecule has 2 heterocycles. The molecule has 2 amide bonds. The number of amides is 2. The number of carbonyl (C=O) groups is 2. The van der Waals surface area contributed by atoms with Crippen molar-refractivity contribution in [3.8, 4) is 0 Å². The Morgan fingerprint density at radius 2 is 1.78 bits per heavy atom. The van der Waals surface area contributed by atoms with Gasteiger partial charge in [-0.3, -0.25) is 9.59 Å². The predicted octanol–water partition coefficient (Wildman–Crippen LogP) is 1.84. The lowest BCUT2D eigenvalue weighted by molar-refractivity contribution is -0.132. The molecule has 2 saturated heterocycles. The first kappa shape index (κ1) is 20.1. The standard InChI is InChI=1S/C20H29ClN4O2/c1-2-23-12-14-24(15-13-23)10-3-9-22-19(26)18-8-11-25(20(18)27)17-6-4-16(21)5-7-17/h4-7,18H,2-3,8-15H2,1H3,(H,22,26). The molecule has 6 nitrogen and oxygen atoms in total. The summed E-state index contributed by atoms with van der Waals surface area (Å²) in [6.07, 6.45) is 1.48. The third kappa shape index (κ3) is 5.21. The van der Waals surface area contributed by atoms with Crippen LogP contribution in [-0.4, -0.2) is 74.0 Å². The minimum absolute atomic E-state index is 0.120. The van der Waals surface area contributed by atoms with Crippen molar-refractivity contribution in [1.82, 2.24) is 15.1 Å². The molecular weight excluding hydrogens is 364 g/mol. The summed E-state index contributed by atoms with van der Waals surface area (Å²) in [5, 5.41) is 3.59. The van der Waals surface area contributed by atoms with Gasteiger partial charge in [0, 0.05) is 50.0 Å². The van der Waals surface area contributed by atoms with Crippen LogP contribution in [0.5, 0.6) is 0 Å². The van der Waals surface area contributed by atoms with E-state index in [1.807, 2.05) is 12.1 Å². The van der Waals surface area contributed by atoms with Gasteiger partial charge in [0.25, 0.3) is 0 Å². The molecule has 0 radical (unpaired) electrons. The number of likely N-dealkylation sites (N-methyl/N-ethyl adjacent to an activating group) is 1. The summed E-state index contributed by atoms with van der Waals surface area (Å²) >= 11 is 5.90. The molecule has 1 aromatic carbocycles. The minimum Gasteiger partial charge on any atom is -0.355 e. The van der Waals surface area contributed by atoms with Crippen LogP contribution in [0.15, 0.2) is 24.3 Å². The Hall–Kier alpha value is -1.63. The number of hydrogen-bond acceptors (Lipinski definition) is 4. The zero-order valence-corrected chi connectivity index (χ0v) is 16.7. The molecule has 0 aromatic heterocycles. The van der Waals surface area contributed by atoms with Crippen LogP contribution < -0.4 is 10.2 Å². The summed E-state index contributed by atoms with van der Waals surface area (Å²) in [7, 11) is 0. The molecule has 3 rings (SSSR count). The maximum absolute atomic E-state index is 12.6. The second-order valence-electron chi connectivity index (χ2n) is 7.23. The average Bonchev–Trinajstić information content (AvgIpc) is 3.07. The normalized spacial score (nSPS) is 21.6. The maximum Gasteiger partial charge on any atom is 0.239 e. The zero-order valence-electron chi connectivity index (χ0n) is 16.0. The maximum atomic E-state index is 12.6. The highest BCUT2D eigenvalue weighted by Gasteiger charge is 2.37. The van der Waals surface area contributed by atoms with E-state index in [9.17, 15) is 9.59 Å². The number of halogens is 1. The average molecular weight is 393 g/mol. The highest BCUT2D eigenvalue weighted by Crippen LogP contribution is 2.26. The summed E-state index contributed by atoms with van der Waals surface area (Å²) in [6, 6.07) is 7.16. The molecule has 1 atom stereocenters. The van der Waals surface area contributed by atoms with Gasteiger partial charge in [0.2, 0.25) is 11.8 Å². The molecule has 2 aliphatic rings. The molecule has 1 N–H and O–H groups in total. The lowest BCUT2D eigenvalue weighted by atomic mass is 10.1. The molecule has 0 saturated carbocycles. The molecule has 27 heavy (non-hydrogen) atoms. The predicted molar refractivity (Wildman–Crippen MR) is 108 cm³/mol. The van der Waals surface area contributed by atoms with Gasteiger partial charge in [0.05, 0.1) is 0 Å². The van der Waals surface area contributed by atoms with Crippen LogP contribution >= 0.6 is 11.6 Å². The highest BCUT2D eigenvalue weighted by molar-refractivity contribution is 6.30. The number of hydrogen-bond donors (Lipinski definition) is 1. The third-order valence-electron chi connectivity index (χ3n) is 5.52. The van der Waals surface area contributed by atoms with E-state index in [4.69, 9.17) is 11.6 Å². The summed E-state index contributed by atoms with van der Waals surface area (Å²) < 4.78 is 0. The van der Waals surface area contributed by atoms with Gasteiger partial charge in [-0.2, -0.15) is 0 Å². The number of rotatable bonds is 7. The number of anilines is 1. The van der Waals surface area contributed by atoms with Gasteiger partial charge in [-0.25, -0.2) is 0 Å². The Balaban J connectivity index is 1.38. The molecule has 0 spiro atoms. The number of nitrogens with zero attached hydrogens (tertiary/aromatic N) is 3.